The van der Waals surface area contributed by atoms with Gasteiger partial charge in [-0.2, -0.15) is 0 Å². The minimum absolute atomic E-state index is 0.0833. The Morgan fingerprint density at radius 2 is 2.38 bits per heavy atom. The number of ether oxygens (including phenoxy) is 1. The molecule has 1 heterocycles. The second-order valence-corrected chi connectivity index (χ2v) is 3.59. The summed E-state index contributed by atoms with van der Waals surface area (Å²) in [5.74, 6) is -0.513. The van der Waals surface area contributed by atoms with Crippen LogP contribution in [-0.2, 0) is 9.53 Å². The number of amides is 1. The molecule has 1 unspecified atom stereocenters. The number of carbonyl (C=O) groups is 1. The number of rotatable bonds is 4. The summed E-state index contributed by atoms with van der Waals surface area (Å²) in [6.07, 6.45) is 2.13. The average molecular weight is 186 g/mol. The highest BCUT2D eigenvalue weighted by atomic mass is 16.5. The predicted octanol–water partition coefficient (Wildman–Crippen LogP) is -0.125. The third-order valence-corrected chi connectivity index (χ3v) is 2.71. The van der Waals surface area contributed by atoms with E-state index in [9.17, 15) is 4.79 Å². The van der Waals surface area contributed by atoms with Crippen molar-refractivity contribution in [1.82, 2.24) is 5.32 Å². The molecule has 13 heavy (non-hydrogen) atoms. The highest BCUT2D eigenvalue weighted by molar-refractivity contribution is 5.77. The van der Waals surface area contributed by atoms with Crippen molar-refractivity contribution in [2.45, 2.75) is 31.9 Å². The molecule has 0 aromatic carbocycles. The van der Waals surface area contributed by atoms with E-state index in [0.717, 1.165) is 19.4 Å². The molecule has 3 N–H and O–H groups in total. The van der Waals surface area contributed by atoms with Crippen molar-refractivity contribution < 1.29 is 9.53 Å². The van der Waals surface area contributed by atoms with Gasteiger partial charge in [0.05, 0.1) is 12.0 Å². The highest BCUT2D eigenvalue weighted by Crippen LogP contribution is 2.18. The molecule has 1 fully saturated rings. The van der Waals surface area contributed by atoms with Crippen molar-refractivity contribution in [2.75, 3.05) is 13.7 Å². The fraction of sp³-hybridized carbons (Fsp3) is 0.889. The molecule has 0 radical (unpaired) electrons. The van der Waals surface area contributed by atoms with Gasteiger partial charge in [0, 0.05) is 13.2 Å². The monoisotopic (exact) mass is 186 g/mol. The number of nitrogens with two attached hydrogens (primary N) is 1. The second-order valence-electron chi connectivity index (χ2n) is 3.59. The lowest BCUT2D eigenvalue weighted by atomic mass is 9.96. The normalized spacial score (nSPS) is 27.1. The molecule has 76 valence electrons. The third kappa shape index (κ3) is 2.42. The first-order valence-electron chi connectivity index (χ1n) is 4.72. The lowest BCUT2D eigenvalue weighted by molar-refractivity contribution is -0.126. The van der Waals surface area contributed by atoms with E-state index in [1.807, 2.05) is 6.92 Å². The van der Waals surface area contributed by atoms with E-state index in [1.165, 1.54) is 0 Å². The molecule has 1 aliphatic heterocycles. The number of methoxy groups -OCH3 is 1. The summed E-state index contributed by atoms with van der Waals surface area (Å²) in [7, 11) is 1.63. The van der Waals surface area contributed by atoms with Gasteiger partial charge in [0.1, 0.15) is 0 Å². The first-order chi connectivity index (χ1) is 6.16. The summed E-state index contributed by atoms with van der Waals surface area (Å²) in [6.45, 7) is 2.83. The average Bonchev–Trinajstić information content (AvgIpc) is 2.58. The Balaban J connectivity index is 2.54. The van der Waals surface area contributed by atoms with Gasteiger partial charge in [-0.3, -0.25) is 4.79 Å². The number of nitrogens with one attached hydrogen (secondary N) is 1. The zero-order chi connectivity index (χ0) is 9.84. The molecule has 0 aromatic heterocycles. The molecule has 0 bridgehead atoms. The topological polar surface area (TPSA) is 64.3 Å². The fourth-order valence-electron chi connectivity index (χ4n) is 1.87. The van der Waals surface area contributed by atoms with Crippen LogP contribution < -0.4 is 11.1 Å². The van der Waals surface area contributed by atoms with Crippen LogP contribution in [0.25, 0.3) is 0 Å². The summed E-state index contributed by atoms with van der Waals surface area (Å²) in [4.78, 5) is 11.0. The number of carbonyl (C=O) groups excluding carboxylic acids is 1. The first kappa shape index (κ1) is 10.5. The molecular formula is C9H18N2O2. The van der Waals surface area contributed by atoms with Gasteiger partial charge >= 0.3 is 0 Å². The molecule has 4 nitrogen and oxygen atoms in total. The Morgan fingerprint density at radius 1 is 1.69 bits per heavy atom. The fourth-order valence-corrected chi connectivity index (χ4v) is 1.87. The van der Waals surface area contributed by atoms with Crippen molar-refractivity contribution in [2.24, 2.45) is 11.7 Å². The van der Waals surface area contributed by atoms with Crippen LogP contribution in [0.1, 0.15) is 19.8 Å². The SMILES string of the molecule is CO[C@H](C1CCCN1)[C@H](C)C(N)=O. The third-order valence-electron chi connectivity index (χ3n) is 2.71. The Kier molecular flexibility index (Phi) is 3.69. The summed E-state index contributed by atoms with van der Waals surface area (Å²) >= 11 is 0. The Labute approximate surface area is 78.8 Å². The molecule has 0 aromatic rings. The standard InChI is InChI=1S/C9H18N2O2/c1-6(9(10)12)8(13-2)7-4-3-5-11-7/h6-8,11H,3-5H2,1-2H3,(H2,10,12)/t6-,7?,8-/m0/s1. The number of primary amides is 1. The molecule has 1 rings (SSSR count). The summed E-state index contributed by atoms with van der Waals surface area (Å²) in [5.41, 5.74) is 5.23. The minimum atomic E-state index is -0.291. The van der Waals surface area contributed by atoms with Gasteiger partial charge in [-0.1, -0.05) is 6.92 Å². The van der Waals surface area contributed by atoms with Crippen LogP contribution in [0.5, 0.6) is 0 Å². The Hall–Kier alpha value is -0.610. The van der Waals surface area contributed by atoms with E-state index in [-0.39, 0.29) is 24.0 Å². The van der Waals surface area contributed by atoms with Crippen LogP contribution >= 0.6 is 0 Å². The Morgan fingerprint density at radius 3 is 2.77 bits per heavy atom. The van der Waals surface area contributed by atoms with Crippen molar-refractivity contribution in [3.05, 3.63) is 0 Å². The van der Waals surface area contributed by atoms with Crippen molar-refractivity contribution >= 4 is 5.91 Å². The Bertz CT molecular complexity index is 178. The molecule has 1 amide bonds. The van der Waals surface area contributed by atoms with Gasteiger partial charge in [-0.05, 0) is 19.4 Å². The van der Waals surface area contributed by atoms with Gasteiger partial charge in [-0.25, -0.2) is 0 Å². The van der Waals surface area contributed by atoms with Gasteiger partial charge < -0.3 is 15.8 Å². The molecule has 3 atom stereocenters. The lowest BCUT2D eigenvalue weighted by Gasteiger charge is -2.26. The minimum Gasteiger partial charge on any atom is -0.379 e. The van der Waals surface area contributed by atoms with Crippen LogP contribution in [0.2, 0.25) is 0 Å². The second kappa shape index (κ2) is 4.58. The van der Waals surface area contributed by atoms with E-state index in [0.29, 0.717) is 0 Å². The highest BCUT2D eigenvalue weighted by Gasteiger charge is 2.31. The maximum Gasteiger partial charge on any atom is 0.222 e. The van der Waals surface area contributed by atoms with Crippen LogP contribution in [-0.4, -0.2) is 31.7 Å². The van der Waals surface area contributed by atoms with Crippen molar-refractivity contribution in [3.63, 3.8) is 0 Å². The van der Waals surface area contributed by atoms with Gasteiger partial charge in [0.2, 0.25) is 5.91 Å². The molecule has 1 saturated heterocycles. The van der Waals surface area contributed by atoms with E-state index in [4.69, 9.17) is 10.5 Å². The molecule has 1 aliphatic rings. The number of hydrogen-bond acceptors (Lipinski definition) is 3. The molecule has 0 spiro atoms. The largest absolute Gasteiger partial charge is 0.379 e. The zero-order valence-electron chi connectivity index (χ0n) is 8.25. The maximum atomic E-state index is 11.0. The zero-order valence-corrected chi connectivity index (χ0v) is 8.25. The van der Waals surface area contributed by atoms with Crippen LogP contribution in [0.4, 0.5) is 0 Å². The van der Waals surface area contributed by atoms with E-state index in [2.05, 4.69) is 5.32 Å². The summed E-state index contributed by atoms with van der Waals surface area (Å²) < 4.78 is 5.29. The van der Waals surface area contributed by atoms with E-state index in [1.54, 1.807) is 7.11 Å². The van der Waals surface area contributed by atoms with E-state index < -0.39 is 0 Å². The molecule has 0 saturated carbocycles. The maximum absolute atomic E-state index is 11.0. The smallest absolute Gasteiger partial charge is 0.222 e. The summed E-state index contributed by atoms with van der Waals surface area (Å²) in [6, 6.07) is 0.285. The van der Waals surface area contributed by atoms with Crippen LogP contribution in [0.3, 0.4) is 0 Å². The predicted molar refractivity (Wildman–Crippen MR) is 50.2 cm³/mol. The first-order valence-corrected chi connectivity index (χ1v) is 4.72. The van der Waals surface area contributed by atoms with Gasteiger partial charge in [0.15, 0.2) is 0 Å². The molecule has 0 aliphatic carbocycles. The number of hydrogen-bond donors (Lipinski definition) is 2. The van der Waals surface area contributed by atoms with Crippen molar-refractivity contribution in [3.8, 4) is 0 Å². The van der Waals surface area contributed by atoms with Crippen LogP contribution in [0.15, 0.2) is 0 Å². The summed E-state index contributed by atoms with van der Waals surface area (Å²) in [5, 5.41) is 3.31. The molecule has 4 heteroatoms. The molecular weight excluding hydrogens is 168 g/mol. The van der Waals surface area contributed by atoms with Crippen LogP contribution in [0, 0.1) is 5.92 Å². The quantitative estimate of drug-likeness (QED) is 0.643. The van der Waals surface area contributed by atoms with Crippen molar-refractivity contribution in [1.29, 1.82) is 0 Å². The van der Waals surface area contributed by atoms with Gasteiger partial charge in [0.25, 0.3) is 0 Å². The van der Waals surface area contributed by atoms with E-state index >= 15 is 0 Å². The lowest BCUT2D eigenvalue weighted by Crippen LogP contribution is -2.44. The van der Waals surface area contributed by atoms with Gasteiger partial charge in [-0.15, -0.1) is 0 Å².